The van der Waals surface area contributed by atoms with Crippen LogP contribution in [0.15, 0.2) is 66.7 Å². The van der Waals surface area contributed by atoms with Crippen LogP contribution >= 0.6 is 0 Å². The molecule has 7 N–H and O–H groups in total. The highest BCUT2D eigenvalue weighted by Gasteiger charge is 2.34. The Morgan fingerprint density at radius 1 is 0.821 bits per heavy atom. The molecule has 0 saturated carbocycles. The molecule has 6 amide bonds. The zero-order chi connectivity index (χ0) is 41.4. The molecule has 56 heavy (non-hydrogen) atoms. The van der Waals surface area contributed by atoms with Crippen LogP contribution in [0.25, 0.3) is 0 Å². The zero-order valence-electron chi connectivity index (χ0n) is 31.3. The number of rotatable bonds is 18. The molecular weight excluding hydrogens is 732 g/mol. The number of fused-ring (bicyclic) bond motifs is 1. The number of carbonyl (C=O) groups excluding carboxylic acids is 6. The van der Waals surface area contributed by atoms with E-state index < -0.39 is 91.2 Å². The fourth-order valence-corrected chi connectivity index (χ4v) is 5.67. The van der Waals surface area contributed by atoms with Gasteiger partial charge in [0.2, 0.25) is 11.8 Å². The molecule has 302 valence electrons. The van der Waals surface area contributed by atoms with E-state index in [0.717, 1.165) is 31.1 Å². The highest BCUT2D eigenvalue weighted by Crippen LogP contribution is 2.26. The van der Waals surface area contributed by atoms with Crippen molar-refractivity contribution in [3.63, 3.8) is 0 Å². The molecule has 0 bridgehead atoms. The third kappa shape index (κ3) is 14.2. The average molecular weight is 781 g/mol. The number of aliphatic hydroxyl groups is 1. The lowest BCUT2D eigenvalue weighted by atomic mass is 10.0. The molecule has 18 heteroatoms. The number of aryl methyl sites for hydroxylation is 1. The number of ether oxygens (including phenoxy) is 1. The van der Waals surface area contributed by atoms with Crippen molar-refractivity contribution in [2.24, 2.45) is 5.92 Å². The third-order valence-electron chi connectivity index (χ3n) is 8.42. The Hall–Kier alpha value is -6.30. The zero-order valence-corrected chi connectivity index (χ0v) is 31.3. The van der Waals surface area contributed by atoms with E-state index in [4.69, 9.17) is 4.74 Å². The Balaban J connectivity index is 1.72. The predicted octanol–water partition coefficient (Wildman–Crippen LogP) is 1.02. The van der Waals surface area contributed by atoms with E-state index in [1.54, 1.807) is 56.3 Å². The second-order valence-electron chi connectivity index (χ2n) is 13.5. The molecule has 18 nitrogen and oxygen atoms in total. The molecule has 3 rings (SSSR count). The SMILES string of the molecule is CC(C)CC(NC(=O)OCc1ccccc1)C(=O)NC(CCC(=O)O)C(=O)NC(C(=O)NN(CC(=O)O)C(=O)C=CC(=O)N1CCCc2ccccc21)C(C)O. The van der Waals surface area contributed by atoms with E-state index in [9.17, 15) is 53.7 Å². The van der Waals surface area contributed by atoms with Gasteiger partial charge in [0.05, 0.1) is 6.10 Å². The molecule has 2 aromatic carbocycles. The monoisotopic (exact) mass is 780 g/mol. The minimum atomic E-state index is -1.86. The lowest BCUT2D eigenvalue weighted by Crippen LogP contribution is -2.61. The van der Waals surface area contributed by atoms with Crippen molar-refractivity contribution in [1.29, 1.82) is 0 Å². The van der Waals surface area contributed by atoms with Crippen LogP contribution in [0.5, 0.6) is 0 Å². The number of carbonyl (C=O) groups is 8. The quantitative estimate of drug-likeness (QED) is 0.0827. The number of aliphatic hydroxyl groups excluding tert-OH is 1. The average Bonchev–Trinajstić information content (AvgIpc) is 3.15. The highest BCUT2D eigenvalue weighted by molar-refractivity contribution is 6.06. The number of alkyl carbamates (subject to hydrolysis) is 1. The Bertz CT molecular complexity index is 1770. The van der Waals surface area contributed by atoms with Gasteiger partial charge >= 0.3 is 18.0 Å². The summed E-state index contributed by atoms with van der Waals surface area (Å²) < 4.78 is 5.22. The van der Waals surface area contributed by atoms with Crippen molar-refractivity contribution in [3.05, 3.63) is 77.9 Å². The van der Waals surface area contributed by atoms with E-state index in [1.165, 1.54) is 4.90 Å². The van der Waals surface area contributed by atoms with Crippen LogP contribution in [-0.2, 0) is 51.3 Å². The normalized spacial score (nSPS) is 14.3. The summed E-state index contributed by atoms with van der Waals surface area (Å²) in [4.78, 5) is 103. The number of hydrogen-bond donors (Lipinski definition) is 7. The molecule has 0 saturated heterocycles. The van der Waals surface area contributed by atoms with E-state index >= 15 is 0 Å². The summed E-state index contributed by atoms with van der Waals surface area (Å²) in [6.07, 6.45) is -0.440. The Labute approximate surface area is 323 Å². The number of nitrogens with zero attached hydrogens (tertiary/aromatic N) is 2. The number of aliphatic carboxylic acids is 2. The molecule has 1 heterocycles. The van der Waals surface area contributed by atoms with E-state index in [-0.39, 0.29) is 18.9 Å². The van der Waals surface area contributed by atoms with Crippen molar-refractivity contribution in [2.75, 3.05) is 18.0 Å². The van der Waals surface area contributed by atoms with Crippen LogP contribution in [0.3, 0.4) is 0 Å². The van der Waals surface area contributed by atoms with Crippen molar-refractivity contribution in [3.8, 4) is 0 Å². The van der Waals surface area contributed by atoms with Gasteiger partial charge in [0.1, 0.15) is 31.3 Å². The lowest BCUT2D eigenvalue weighted by molar-refractivity contribution is -0.149. The number of para-hydroxylation sites is 1. The summed E-state index contributed by atoms with van der Waals surface area (Å²) in [7, 11) is 0. The molecule has 0 radical (unpaired) electrons. The molecule has 0 aromatic heterocycles. The van der Waals surface area contributed by atoms with Gasteiger partial charge in [-0.1, -0.05) is 62.4 Å². The Morgan fingerprint density at radius 3 is 2.12 bits per heavy atom. The minimum absolute atomic E-state index is 0.0906. The van der Waals surface area contributed by atoms with Crippen LogP contribution < -0.4 is 26.3 Å². The van der Waals surface area contributed by atoms with Crippen LogP contribution in [-0.4, -0.2) is 105 Å². The van der Waals surface area contributed by atoms with Crippen molar-refractivity contribution in [2.45, 2.75) is 83.7 Å². The summed E-state index contributed by atoms with van der Waals surface area (Å²) in [6, 6.07) is 11.3. The smallest absolute Gasteiger partial charge is 0.408 e. The first-order valence-corrected chi connectivity index (χ1v) is 17.9. The lowest BCUT2D eigenvalue weighted by Gasteiger charge is -2.29. The maximum atomic E-state index is 13.5. The molecule has 0 fully saturated rings. The van der Waals surface area contributed by atoms with E-state index in [2.05, 4.69) is 16.0 Å². The van der Waals surface area contributed by atoms with Gasteiger partial charge in [0.25, 0.3) is 17.7 Å². The maximum absolute atomic E-state index is 13.5. The summed E-state index contributed by atoms with van der Waals surface area (Å²) in [6.45, 7) is 3.87. The van der Waals surface area contributed by atoms with Crippen LogP contribution in [0.1, 0.15) is 57.6 Å². The Morgan fingerprint density at radius 2 is 1.48 bits per heavy atom. The molecule has 4 unspecified atom stereocenters. The van der Waals surface area contributed by atoms with Gasteiger partial charge in [-0.3, -0.25) is 39.0 Å². The minimum Gasteiger partial charge on any atom is -0.481 e. The number of amides is 6. The van der Waals surface area contributed by atoms with Gasteiger partial charge in [-0.2, -0.15) is 0 Å². The number of carboxylic acids is 2. The molecule has 0 spiro atoms. The first kappa shape index (κ1) is 44.1. The number of hydrogen-bond acceptors (Lipinski definition) is 10. The van der Waals surface area contributed by atoms with Gasteiger partial charge in [0, 0.05) is 30.8 Å². The molecule has 2 aromatic rings. The number of hydrazine groups is 1. The number of benzene rings is 2. The van der Waals surface area contributed by atoms with Crippen molar-refractivity contribution >= 4 is 53.3 Å². The maximum Gasteiger partial charge on any atom is 0.408 e. The molecular formula is C38H48N6O12. The second kappa shape index (κ2) is 21.6. The van der Waals surface area contributed by atoms with E-state index in [0.29, 0.717) is 29.2 Å². The van der Waals surface area contributed by atoms with Crippen LogP contribution in [0.4, 0.5) is 10.5 Å². The topological polar surface area (TPSA) is 261 Å². The van der Waals surface area contributed by atoms with Gasteiger partial charge in [0.15, 0.2) is 0 Å². The second-order valence-corrected chi connectivity index (χ2v) is 13.5. The van der Waals surface area contributed by atoms with Crippen LogP contribution in [0.2, 0.25) is 0 Å². The fraction of sp³-hybridized carbons (Fsp3) is 0.421. The largest absolute Gasteiger partial charge is 0.481 e. The standard InChI is InChI=1S/C38H48N6O12/c1-23(2)20-28(40-38(55)56-22-25-10-5-4-6-11-25)36(53)39-27(15-18-32(48)49)35(52)41-34(24(3)45)37(54)42-44(21-33(50)51)31(47)17-16-30(46)43-19-9-13-26-12-7-8-14-29(26)43/h4-8,10-12,14,16-17,23-24,27-28,34,45H,9,13,15,18-22H2,1-3H3,(H,39,53)(H,40,55)(H,41,52)(H,42,54)(H,48,49)(H,50,51). The summed E-state index contributed by atoms with van der Waals surface area (Å²) in [5.41, 5.74) is 4.33. The summed E-state index contributed by atoms with van der Waals surface area (Å²) >= 11 is 0. The first-order valence-electron chi connectivity index (χ1n) is 17.9. The number of nitrogens with one attached hydrogen (secondary N) is 4. The third-order valence-corrected chi connectivity index (χ3v) is 8.42. The number of anilines is 1. The van der Waals surface area contributed by atoms with Gasteiger partial charge in [-0.25, -0.2) is 9.80 Å². The molecule has 1 aliphatic heterocycles. The summed E-state index contributed by atoms with van der Waals surface area (Å²) in [5, 5.41) is 36.7. The molecule has 1 aliphatic rings. The van der Waals surface area contributed by atoms with Gasteiger partial charge in [-0.15, -0.1) is 0 Å². The highest BCUT2D eigenvalue weighted by atomic mass is 16.5. The van der Waals surface area contributed by atoms with Crippen molar-refractivity contribution < 1.29 is 58.4 Å². The first-order chi connectivity index (χ1) is 26.5. The van der Waals surface area contributed by atoms with Gasteiger partial charge < -0.3 is 40.9 Å². The summed E-state index contributed by atoms with van der Waals surface area (Å²) in [5.74, 6) is -7.92. The van der Waals surface area contributed by atoms with Crippen molar-refractivity contribution in [1.82, 2.24) is 26.4 Å². The number of carboxylic acid groups (broad SMARTS) is 2. The van der Waals surface area contributed by atoms with Crippen LogP contribution in [0, 0.1) is 5.92 Å². The predicted molar refractivity (Wildman–Crippen MR) is 199 cm³/mol. The fourth-order valence-electron chi connectivity index (χ4n) is 5.67. The molecule has 0 aliphatic carbocycles. The molecule has 4 atom stereocenters. The van der Waals surface area contributed by atoms with Gasteiger partial charge in [-0.05, 0) is 55.7 Å². The Kier molecular flexibility index (Phi) is 17.0. The van der Waals surface area contributed by atoms with E-state index in [1.807, 2.05) is 17.6 Å².